The lowest BCUT2D eigenvalue weighted by Gasteiger charge is -2.27. The summed E-state index contributed by atoms with van der Waals surface area (Å²) in [6.45, 7) is 1.58. The van der Waals surface area contributed by atoms with Crippen LogP contribution < -0.4 is 14.2 Å². The fourth-order valence-corrected chi connectivity index (χ4v) is 5.64. The number of benzene rings is 2. The highest BCUT2D eigenvalue weighted by atomic mass is 32.2. The second-order valence-electron chi connectivity index (χ2n) is 7.74. The van der Waals surface area contributed by atoms with E-state index in [2.05, 4.69) is 14.4 Å². The molecule has 1 fully saturated rings. The van der Waals surface area contributed by atoms with E-state index in [0.29, 0.717) is 32.0 Å². The number of ether oxygens (including phenoxy) is 2. The van der Waals surface area contributed by atoms with Crippen molar-refractivity contribution in [1.29, 1.82) is 0 Å². The molecule has 1 aliphatic rings. The molecular weight excluding hydrogens is 508 g/mol. The van der Waals surface area contributed by atoms with E-state index in [1.807, 2.05) is 0 Å². The molecule has 1 amide bonds. The maximum Gasteiger partial charge on any atom is 0.261 e. The van der Waals surface area contributed by atoms with Crippen LogP contribution in [0, 0.1) is 0 Å². The van der Waals surface area contributed by atoms with Crippen molar-refractivity contribution < 1.29 is 31.1 Å². The quantitative estimate of drug-likeness (QED) is 0.449. The summed E-state index contributed by atoms with van der Waals surface area (Å²) in [6.07, 6.45) is 2.88. The third kappa shape index (κ3) is 5.75. The molecule has 2 aromatic carbocycles. The largest absolute Gasteiger partial charge is 0.496 e. The lowest BCUT2D eigenvalue weighted by Crippen LogP contribution is -2.40. The second-order valence-corrected chi connectivity index (χ2v) is 11.1. The average molecular weight is 533 g/mol. The van der Waals surface area contributed by atoms with Gasteiger partial charge in [-0.15, -0.1) is 0 Å². The van der Waals surface area contributed by atoms with Crippen LogP contribution in [0.15, 0.2) is 76.8 Å². The van der Waals surface area contributed by atoms with Crippen LogP contribution in [-0.2, 0) is 24.8 Å². The van der Waals surface area contributed by atoms with Gasteiger partial charge in [-0.1, -0.05) is 0 Å². The van der Waals surface area contributed by atoms with Gasteiger partial charge in [0.2, 0.25) is 0 Å². The minimum atomic E-state index is -4.10. The van der Waals surface area contributed by atoms with Gasteiger partial charge in [-0.25, -0.2) is 16.8 Å². The first-order chi connectivity index (χ1) is 17.2. The Labute approximate surface area is 209 Å². The maximum absolute atomic E-state index is 13.0. The van der Waals surface area contributed by atoms with Crippen LogP contribution in [0.2, 0.25) is 0 Å². The Morgan fingerprint density at radius 3 is 2.19 bits per heavy atom. The van der Waals surface area contributed by atoms with Crippen molar-refractivity contribution in [3.63, 3.8) is 0 Å². The van der Waals surface area contributed by atoms with Crippen molar-refractivity contribution in [2.24, 2.45) is 0 Å². The molecule has 1 aliphatic heterocycles. The van der Waals surface area contributed by atoms with Gasteiger partial charge in [-0.05, 0) is 54.6 Å². The Kier molecular flexibility index (Phi) is 7.43. The Morgan fingerprint density at radius 1 is 0.917 bits per heavy atom. The molecule has 36 heavy (non-hydrogen) atoms. The molecule has 0 radical (unpaired) electrons. The van der Waals surface area contributed by atoms with Gasteiger partial charge < -0.3 is 14.4 Å². The monoisotopic (exact) mass is 532 g/mol. The number of carbonyl (C=O) groups excluding carboxylic acids is 1. The Hall–Kier alpha value is -3.68. The first kappa shape index (κ1) is 25.4. The summed E-state index contributed by atoms with van der Waals surface area (Å²) in [5.41, 5.74) is 0.557. The third-order valence-corrected chi connectivity index (χ3v) is 8.12. The highest BCUT2D eigenvalue weighted by molar-refractivity contribution is 7.93. The van der Waals surface area contributed by atoms with Crippen molar-refractivity contribution in [3.8, 4) is 5.75 Å². The molecule has 0 saturated carbocycles. The summed E-state index contributed by atoms with van der Waals surface area (Å²) in [6, 6.07) is 12.4. The van der Waals surface area contributed by atoms with Gasteiger partial charge in [0.15, 0.2) is 0 Å². The number of anilines is 2. The van der Waals surface area contributed by atoms with Crippen LogP contribution in [0.5, 0.6) is 5.75 Å². The molecule has 0 spiro atoms. The zero-order valence-corrected chi connectivity index (χ0v) is 20.9. The molecule has 0 aliphatic carbocycles. The van der Waals surface area contributed by atoms with Crippen molar-refractivity contribution in [2.75, 3.05) is 42.9 Å². The Morgan fingerprint density at radius 2 is 1.56 bits per heavy atom. The number of pyridine rings is 1. The predicted octanol–water partition coefficient (Wildman–Crippen LogP) is 2.16. The molecule has 1 aromatic heterocycles. The van der Waals surface area contributed by atoms with E-state index in [1.165, 1.54) is 62.0 Å². The van der Waals surface area contributed by atoms with E-state index in [0.717, 1.165) is 0 Å². The lowest BCUT2D eigenvalue weighted by atomic mass is 10.1. The predicted molar refractivity (Wildman–Crippen MR) is 132 cm³/mol. The van der Waals surface area contributed by atoms with Gasteiger partial charge in [-0.2, -0.15) is 0 Å². The van der Waals surface area contributed by atoms with Crippen LogP contribution >= 0.6 is 0 Å². The first-order valence-electron chi connectivity index (χ1n) is 10.8. The van der Waals surface area contributed by atoms with Crippen LogP contribution in [0.3, 0.4) is 0 Å². The number of hydrogen-bond donors (Lipinski definition) is 2. The van der Waals surface area contributed by atoms with E-state index < -0.39 is 20.0 Å². The average Bonchev–Trinajstić information content (AvgIpc) is 2.89. The Balaban J connectivity index is 1.53. The SMILES string of the molecule is COc1ccc(S(=O)(=O)Nc2ccc(S(=O)(=O)Nc3cccnc3)cc2)cc1C(=O)N1CCOCC1. The molecule has 4 rings (SSSR count). The van der Waals surface area contributed by atoms with Crippen molar-refractivity contribution in [3.05, 3.63) is 72.6 Å². The Bertz CT molecular complexity index is 1440. The fraction of sp³-hybridized carbons (Fsp3) is 0.217. The number of aromatic nitrogens is 1. The highest BCUT2D eigenvalue weighted by Crippen LogP contribution is 2.26. The molecule has 0 atom stereocenters. The number of carbonyl (C=O) groups is 1. The fourth-order valence-electron chi connectivity index (χ4n) is 3.51. The summed E-state index contributed by atoms with van der Waals surface area (Å²) in [5.74, 6) is -0.107. The molecule has 0 unspecified atom stereocenters. The molecular formula is C23H24N4O7S2. The van der Waals surface area contributed by atoms with Gasteiger partial charge in [0.1, 0.15) is 5.75 Å². The summed E-state index contributed by atoms with van der Waals surface area (Å²) in [4.78, 5) is 18.2. The van der Waals surface area contributed by atoms with Gasteiger partial charge in [-0.3, -0.25) is 19.2 Å². The number of nitrogens with one attached hydrogen (secondary N) is 2. The summed E-state index contributed by atoms with van der Waals surface area (Å²) >= 11 is 0. The smallest absolute Gasteiger partial charge is 0.261 e. The highest BCUT2D eigenvalue weighted by Gasteiger charge is 2.25. The summed E-state index contributed by atoms with van der Waals surface area (Å²) < 4.78 is 66.6. The summed E-state index contributed by atoms with van der Waals surface area (Å²) in [5, 5.41) is 0. The van der Waals surface area contributed by atoms with Crippen LogP contribution in [0.25, 0.3) is 0 Å². The third-order valence-electron chi connectivity index (χ3n) is 5.34. The van der Waals surface area contributed by atoms with Gasteiger partial charge in [0.05, 0.1) is 47.6 Å². The number of hydrogen-bond acceptors (Lipinski definition) is 8. The summed E-state index contributed by atoms with van der Waals surface area (Å²) in [7, 11) is -6.59. The molecule has 190 valence electrons. The molecule has 11 nitrogen and oxygen atoms in total. The van der Waals surface area contributed by atoms with Crippen LogP contribution in [0.1, 0.15) is 10.4 Å². The standard InChI is InChI=1S/C23H24N4O7S2/c1-33-22-9-8-20(15-21(22)23(28)27-11-13-34-14-12-27)36(31,32)25-17-4-6-19(7-5-17)35(29,30)26-18-3-2-10-24-16-18/h2-10,15-16,25-26H,11-14H2,1H3. The maximum atomic E-state index is 13.0. The van der Waals surface area contributed by atoms with E-state index in [-0.39, 0.29) is 32.7 Å². The van der Waals surface area contributed by atoms with E-state index in [9.17, 15) is 21.6 Å². The number of sulfonamides is 2. The van der Waals surface area contributed by atoms with Gasteiger partial charge >= 0.3 is 0 Å². The minimum Gasteiger partial charge on any atom is -0.496 e. The molecule has 3 aromatic rings. The lowest BCUT2D eigenvalue weighted by molar-refractivity contribution is 0.0300. The second kappa shape index (κ2) is 10.5. The number of rotatable bonds is 8. The van der Waals surface area contributed by atoms with Crippen LogP contribution in [0.4, 0.5) is 11.4 Å². The zero-order chi connectivity index (χ0) is 25.8. The molecule has 2 N–H and O–H groups in total. The van der Waals surface area contributed by atoms with E-state index in [4.69, 9.17) is 9.47 Å². The van der Waals surface area contributed by atoms with E-state index >= 15 is 0 Å². The van der Waals surface area contributed by atoms with E-state index in [1.54, 1.807) is 17.0 Å². The zero-order valence-electron chi connectivity index (χ0n) is 19.2. The molecule has 1 saturated heterocycles. The van der Waals surface area contributed by atoms with Crippen molar-refractivity contribution >= 4 is 37.3 Å². The normalized spacial score (nSPS) is 14.2. The first-order valence-corrected chi connectivity index (χ1v) is 13.8. The molecule has 13 heteroatoms. The van der Waals surface area contributed by atoms with Crippen molar-refractivity contribution in [2.45, 2.75) is 9.79 Å². The number of methoxy groups -OCH3 is 1. The molecule has 0 bridgehead atoms. The van der Waals surface area contributed by atoms with Crippen molar-refractivity contribution in [1.82, 2.24) is 9.88 Å². The van der Waals surface area contributed by atoms with Gasteiger partial charge in [0, 0.05) is 25.0 Å². The van der Waals surface area contributed by atoms with Gasteiger partial charge in [0.25, 0.3) is 26.0 Å². The minimum absolute atomic E-state index is 0.0582. The van der Waals surface area contributed by atoms with Crippen LogP contribution in [-0.4, -0.2) is 66.0 Å². The topological polar surface area (TPSA) is 144 Å². The number of nitrogens with zero attached hydrogens (tertiary/aromatic N) is 2. The number of amides is 1. The number of morpholine rings is 1. The molecule has 2 heterocycles.